The van der Waals surface area contributed by atoms with Crippen LogP contribution < -0.4 is 15.4 Å². The molecule has 5 atom stereocenters. The molecule has 7 heterocycles. The van der Waals surface area contributed by atoms with Crippen molar-refractivity contribution >= 4 is 46.2 Å². The highest BCUT2D eigenvalue weighted by Gasteiger charge is 2.40. The lowest BCUT2D eigenvalue weighted by molar-refractivity contribution is -0.136. The second-order valence-corrected chi connectivity index (χ2v) is 19.2. The number of halogens is 1. The third-order valence-corrected chi connectivity index (χ3v) is 14.0. The predicted octanol–water partition coefficient (Wildman–Crippen LogP) is 7.86. The average Bonchev–Trinajstić information content (AvgIpc) is 4.19. The van der Waals surface area contributed by atoms with E-state index in [2.05, 4.69) is 25.6 Å². The Bertz CT molecular complexity index is 2870. The van der Waals surface area contributed by atoms with Crippen LogP contribution in [0.1, 0.15) is 93.2 Å². The van der Waals surface area contributed by atoms with Gasteiger partial charge in [-0.1, -0.05) is 33.8 Å². The van der Waals surface area contributed by atoms with E-state index in [0.29, 0.717) is 71.9 Å². The largest absolute Gasteiger partial charge is 0.462 e. The highest BCUT2D eigenvalue weighted by Crippen LogP contribution is 2.48. The molecule has 20 heteroatoms. The molecule has 3 aliphatic heterocycles. The fourth-order valence-electron chi connectivity index (χ4n) is 9.60. The van der Waals surface area contributed by atoms with Gasteiger partial charge in [-0.3, -0.25) is 14.2 Å². The summed E-state index contributed by atoms with van der Waals surface area (Å²) in [5, 5.41) is 6.86. The summed E-state index contributed by atoms with van der Waals surface area (Å²) in [7, 11) is 4.16. The van der Waals surface area contributed by atoms with E-state index in [-0.39, 0.29) is 41.3 Å². The van der Waals surface area contributed by atoms with Crippen LogP contribution in [0.5, 0.6) is 5.75 Å². The highest BCUT2D eigenvalue weighted by atomic mass is 32.1. The van der Waals surface area contributed by atoms with E-state index in [9.17, 15) is 19.2 Å². The molecule has 0 aliphatic carbocycles. The monoisotopic (exact) mass is 950 g/mol. The van der Waals surface area contributed by atoms with Crippen molar-refractivity contribution in [3.63, 3.8) is 0 Å². The summed E-state index contributed by atoms with van der Waals surface area (Å²) in [6.07, 6.45) is 5.97. The first-order valence-corrected chi connectivity index (χ1v) is 23.6. The number of rotatable bonds is 13. The highest BCUT2D eigenvalue weighted by molar-refractivity contribution is 7.11. The van der Waals surface area contributed by atoms with Gasteiger partial charge in [-0.05, 0) is 67.9 Å². The van der Waals surface area contributed by atoms with Crippen LogP contribution in [0.3, 0.4) is 0 Å². The number of aromatic amines is 2. The van der Waals surface area contributed by atoms with E-state index in [0.717, 1.165) is 39.9 Å². The minimum Gasteiger partial charge on any atom is -0.462 e. The summed E-state index contributed by atoms with van der Waals surface area (Å²) in [6, 6.07) is 8.95. The lowest BCUT2D eigenvalue weighted by Gasteiger charge is -2.30. The number of imidazole rings is 2. The van der Waals surface area contributed by atoms with Crippen LogP contribution in [0.2, 0.25) is 0 Å². The number of H-pyrrole nitrogens is 2. The van der Waals surface area contributed by atoms with Gasteiger partial charge in [0, 0.05) is 42.9 Å². The molecule has 0 radical (unpaired) electrons. The number of methoxy groups -OCH3 is 3. The summed E-state index contributed by atoms with van der Waals surface area (Å²) >= 11 is 1.45. The zero-order chi connectivity index (χ0) is 48.0. The molecule has 2 fully saturated rings. The Morgan fingerprint density at radius 3 is 1.94 bits per heavy atom. The maximum Gasteiger partial charge on any atom is 0.407 e. The van der Waals surface area contributed by atoms with Gasteiger partial charge in [0.1, 0.15) is 35.3 Å². The Morgan fingerprint density at radius 1 is 0.794 bits per heavy atom. The van der Waals surface area contributed by atoms with E-state index in [1.165, 1.54) is 31.6 Å². The van der Waals surface area contributed by atoms with E-state index >= 15 is 4.39 Å². The maximum atomic E-state index is 16.9. The third kappa shape index (κ3) is 8.66. The van der Waals surface area contributed by atoms with Crippen molar-refractivity contribution in [1.29, 1.82) is 0 Å². The number of carbonyl (C=O) groups excluding carboxylic acids is 4. The van der Waals surface area contributed by atoms with Crippen LogP contribution in [-0.4, -0.2) is 110 Å². The van der Waals surface area contributed by atoms with E-state index in [1.807, 2.05) is 56.5 Å². The van der Waals surface area contributed by atoms with Crippen molar-refractivity contribution < 1.29 is 42.5 Å². The van der Waals surface area contributed by atoms with Gasteiger partial charge in [0.15, 0.2) is 5.01 Å². The van der Waals surface area contributed by atoms with Gasteiger partial charge in [0.25, 0.3) is 0 Å². The molecule has 4 amide bonds. The number of thiazole rings is 1. The first-order chi connectivity index (χ1) is 32.8. The summed E-state index contributed by atoms with van der Waals surface area (Å²) < 4.78 is 40.6. The molecular formula is C48H55FN10O8S. The molecule has 3 aliphatic rings. The second-order valence-electron chi connectivity index (χ2n) is 18.0. The number of hydrogen-bond acceptors (Lipinski definition) is 12. The predicted molar refractivity (Wildman–Crippen MR) is 250 cm³/mol. The topological polar surface area (TPSA) is 211 Å². The normalized spacial score (nSPS) is 18.6. The van der Waals surface area contributed by atoms with Gasteiger partial charge in [0.05, 0.1) is 78.3 Å². The number of hydrogen-bond donors (Lipinski definition) is 4. The van der Waals surface area contributed by atoms with Crippen molar-refractivity contribution in [2.24, 2.45) is 11.8 Å². The number of nitrogens with zero attached hydrogens (tertiary/aromatic N) is 6. The summed E-state index contributed by atoms with van der Waals surface area (Å²) in [4.78, 5) is 77.2. The summed E-state index contributed by atoms with van der Waals surface area (Å²) in [5.74, 6) is 0.252. The molecule has 18 nitrogen and oxygen atoms in total. The van der Waals surface area contributed by atoms with Crippen molar-refractivity contribution in [3.8, 4) is 39.5 Å². The third-order valence-electron chi connectivity index (χ3n) is 13.0. The molecule has 1 unspecified atom stereocenters. The minimum atomic E-state index is -0.782. The van der Waals surface area contributed by atoms with Gasteiger partial charge in [0.2, 0.25) is 18.0 Å². The molecule has 2 saturated heterocycles. The molecular weight excluding hydrogens is 896 g/mol. The fraction of sp³-hybridized carbons (Fsp3) is 0.438. The standard InChI is InChI=1S/C48H55FN10O8S/c1-24(2)39(55-47(62)65-6)44(60)57-14-8-10-34(57)41-50-21-31(53-41)26-12-13-33-28(16-26)18-36-38-30(49)17-27(19-37(38)67-46(59(33)36)43-52-20-29(68-43)23-64-5)32-22-51-42(54-32)35-11-9-15-58(35)45(61)40(25(3)4)56-48(63)66-7/h12-13,16-22,24-25,34-35,39-40,46H,8-11,14-15,23H2,1-7H3,(H,50,53)(H,51,54)(H,55,62)(H,56,63)/t34-,35-,39-,40-,46?/m0/s1. The Hall–Kier alpha value is -6.80. The lowest BCUT2D eigenvalue weighted by atomic mass is 10.0. The SMILES string of the molecule is COCc1cnc(C2Oc3cc(-c4cnc([C@@H]5CCCN5C(=O)[C@@H](NC(=O)OC)C(C)C)[nH]4)cc(F)c3-c3cc4cc(-c5cnc([C@@H]6CCCN6C(=O)[C@@H](NC(=O)OC)C(C)C)[nH]5)ccc4n32)s1. The van der Waals surface area contributed by atoms with Crippen LogP contribution in [0, 0.1) is 17.7 Å². The molecule has 0 spiro atoms. The molecule has 68 heavy (non-hydrogen) atoms. The van der Waals surface area contributed by atoms with Crippen molar-refractivity contribution in [3.05, 3.63) is 82.3 Å². The molecule has 4 aromatic heterocycles. The smallest absolute Gasteiger partial charge is 0.407 e. The van der Waals surface area contributed by atoms with Crippen molar-refractivity contribution in [1.82, 2.24) is 49.9 Å². The quantitative estimate of drug-likeness (QED) is 0.0876. The summed E-state index contributed by atoms with van der Waals surface area (Å²) in [5.41, 5.74) is 4.32. The van der Waals surface area contributed by atoms with Gasteiger partial charge in [-0.2, -0.15) is 0 Å². The number of fused-ring (bicyclic) bond motifs is 5. The number of carbonyl (C=O) groups is 4. The van der Waals surface area contributed by atoms with Crippen LogP contribution in [0.15, 0.2) is 55.0 Å². The lowest BCUT2D eigenvalue weighted by Crippen LogP contribution is -2.51. The minimum absolute atomic E-state index is 0.161. The van der Waals surface area contributed by atoms with Crippen LogP contribution >= 0.6 is 11.3 Å². The van der Waals surface area contributed by atoms with Gasteiger partial charge in [-0.25, -0.2) is 28.9 Å². The maximum absolute atomic E-state index is 16.9. The number of likely N-dealkylation sites (tertiary alicyclic amines) is 2. The van der Waals surface area contributed by atoms with E-state index < -0.39 is 36.3 Å². The zero-order valence-corrected chi connectivity index (χ0v) is 39.7. The van der Waals surface area contributed by atoms with Crippen LogP contribution in [0.25, 0.3) is 44.7 Å². The number of amides is 4. The first kappa shape index (κ1) is 46.3. The number of aromatic nitrogens is 6. The molecule has 2 aromatic carbocycles. The Labute approximate surface area is 395 Å². The summed E-state index contributed by atoms with van der Waals surface area (Å²) in [6.45, 7) is 8.88. The number of alkyl carbamates (subject to hydrolysis) is 2. The molecule has 9 rings (SSSR count). The van der Waals surface area contributed by atoms with Gasteiger partial charge >= 0.3 is 12.2 Å². The second kappa shape index (κ2) is 19.1. The van der Waals surface area contributed by atoms with E-state index in [4.69, 9.17) is 28.9 Å². The Balaban J connectivity index is 1.03. The molecule has 358 valence electrons. The van der Waals surface area contributed by atoms with E-state index in [1.54, 1.807) is 41.6 Å². The van der Waals surface area contributed by atoms with Crippen molar-refractivity contribution in [2.75, 3.05) is 34.4 Å². The zero-order valence-electron chi connectivity index (χ0n) is 38.9. The number of nitrogens with one attached hydrogen (secondary N) is 4. The van der Waals surface area contributed by atoms with Crippen LogP contribution in [0.4, 0.5) is 14.0 Å². The molecule has 6 aromatic rings. The Kier molecular flexibility index (Phi) is 13.0. The first-order valence-electron chi connectivity index (χ1n) is 22.8. The van der Waals surface area contributed by atoms with Gasteiger partial charge < -0.3 is 49.3 Å². The number of ether oxygens (including phenoxy) is 4. The number of benzene rings is 2. The molecule has 0 bridgehead atoms. The molecule has 4 N–H and O–H groups in total. The van der Waals surface area contributed by atoms with Crippen LogP contribution in [-0.2, 0) is 30.4 Å². The van der Waals surface area contributed by atoms with Gasteiger partial charge in [-0.15, -0.1) is 11.3 Å². The molecule has 0 saturated carbocycles. The van der Waals surface area contributed by atoms with Crippen molar-refractivity contribution in [2.45, 2.75) is 90.4 Å². The fourth-order valence-corrected chi connectivity index (χ4v) is 10.5. The Morgan fingerprint density at radius 2 is 1.38 bits per heavy atom. The average molecular weight is 951 g/mol.